The second kappa shape index (κ2) is 3.91. The van der Waals surface area contributed by atoms with Gasteiger partial charge >= 0.3 is 6.18 Å². The zero-order chi connectivity index (χ0) is 10.8. The van der Waals surface area contributed by atoms with E-state index in [0.717, 1.165) is 12.3 Å². The summed E-state index contributed by atoms with van der Waals surface area (Å²) >= 11 is 0. The summed E-state index contributed by atoms with van der Waals surface area (Å²) in [5.74, 6) is -0.990. The van der Waals surface area contributed by atoms with E-state index in [-0.39, 0.29) is 5.56 Å². The van der Waals surface area contributed by atoms with E-state index in [2.05, 4.69) is 4.98 Å². The van der Waals surface area contributed by atoms with Crippen LogP contribution in [0.25, 0.3) is 0 Å². The lowest BCUT2D eigenvalue weighted by molar-refractivity contribution is -0.203. The predicted molar refractivity (Wildman–Crippen MR) is 40.0 cm³/mol. The van der Waals surface area contributed by atoms with Crippen molar-refractivity contribution in [1.82, 2.24) is 4.98 Å². The Morgan fingerprint density at radius 1 is 1.43 bits per heavy atom. The molecule has 1 aromatic heterocycles. The third-order valence-electron chi connectivity index (χ3n) is 1.63. The van der Waals surface area contributed by atoms with Crippen LogP contribution in [0.2, 0.25) is 0 Å². The van der Waals surface area contributed by atoms with E-state index in [1.807, 2.05) is 0 Å². The second-order valence-electron chi connectivity index (χ2n) is 2.71. The zero-order valence-corrected chi connectivity index (χ0v) is 6.92. The monoisotopic (exact) mass is 209 g/mol. The Hall–Kier alpha value is -1.17. The fourth-order valence-electron chi connectivity index (χ4n) is 0.896. The number of pyridine rings is 1. The molecule has 6 heteroatoms. The van der Waals surface area contributed by atoms with Gasteiger partial charge in [0.25, 0.3) is 0 Å². The number of halogens is 4. The van der Waals surface area contributed by atoms with Gasteiger partial charge in [-0.3, -0.25) is 0 Å². The molecule has 0 aliphatic rings. The smallest absolute Gasteiger partial charge is 0.383 e. The number of rotatable bonds is 2. The van der Waals surface area contributed by atoms with Crippen LogP contribution in [0.3, 0.4) is 0 Å². The number of alkyl halides is 3. The summed E-state index contributed by atoms with van der Waals surface area (Å²) in [5, 5.41) is 8.64. The summed E-state index contributed by atoms with van der Waals surface area (Å²) in [5.41, 5.74) is -0.252. The van der Waals surface area contributed by atoms with Gasteiger partial charge in [0.2, 0.25) is 5.95 Å². The Labute approximate surface area is 77.2 Å². The van der Waals surface area contributed by atoms with Crippen LogP contribution in [0.1, 0.15) is 5.56 Å². The molecule has 0 aromatic carbocycles. The average molecular weight is 209 g/mol. The zero-order valence-electron chi connectivity index (χ0n) is 6.92. The first-order chi connectivity index (χ1) is 6.41. The molecule has 0 fully saturated rings. The number of hydrogen-bond acceptors (Lipinski definition) is 2. The van der Waals surface area contributed by atoms with E-state index >= 15 is 0 Å². The summed E-state index contributed by atoms with van der Waals surface area (Å²) in [6.45, 7) is 0. The lowest BCUT2D eigenvalue weighted by Crippen LogP contribution is -2.30. The van der Waals surface area contributed by atoms with Gasteiger partial charge in [-0.15, -0.1) is 0 Å². The molecule has 0 amide bonds. The second-order valence-corrected chi connectivity index (χ2v) is 2.71. The standard InChI is InChI=1S/C8H7F4NO/c9-7-5(2-1-3-13-7)4-6(14)8(10,11)12/h1-3,6,14H,4H2. The maximum atomic E-state index is 12.7. The van der Waals surface area contributed by atoms with Gasteiger partial charge in [-0.2, -0.15) is 17.6 Å². The van der Waals surface area contributed by atoms with Crippen molar-refractivity contribution in [2.45, 2.75) is 18.7 Å². The third-order valence-corrected chi connectivity index (χ3v) is 1.63. The quantitative estimate of drug-likeness (QED) is 0.593. The number of aliphatic hydroxyl groups is 1. The molecule has 1 N–H and O–H groups in total. The van der Waals surface area contributed by atoms with Crippen molar-refractivity contribution < 1.29 is 22.7 Å². The van der Waals surface area contributed by atoms with Crippen molar-refractivity contribution >= 4 is 0 Å². The molecule has 0 radical (unpaired) electrons. The molecule has 1 rings (SSSR count). The summed E-state index contributed by atoms with van der Waals surface area (Å²) in [6.07, 6.45) is -6.98. The molecular weight excluding hydrogens is 202 g/mol. The summed E-state index contributed by atoms with van der Waals surface area (Å²) in [4.78, 5) is 3.17. The SMILES string of the molecule is OC(Cc1cccnc1F)C(F)(F)F. The fraction of sp³-hybridized carbons (Fsp3) is 0.375. The van der Waals surface area contributed by atoms with E-state index in [9.17, 15) is 17.6 Å². The van der Waals surface area contributed by atoms with Crippen LogP contribution in [0.15, 0.2) is 18.3 Å². The largest absolute Gasteiger partial charge is 0.414 e. The van der Waals surface area contributed by atoms with Crippen LogP contribution in [-0.4, -0.2) is 22.4 Å². The molecule has 2 nitrogen and oxygen atoms in total. The number of aliphatic hydroxyl groups excluding tert-OH is 1. The van der Waals surface area contributed by atoms with Crippen LogP contribution in [0.5, 0.6) is 0 Å². The molecule has 1 aromatic rings. The van der Waals surface area contributed by atoms with E-state index in [1.54, 1.807) is 0 Å². The first-order valence-corrected chi connectivity index (χ1v) is 3.75. The van der Waals surface area contributed by atoms with E-state index in [4.69, 9.17) is 5.11 Å². The number of nitrogens with zero attached hydrogens (tertiary/aromatic N) is 1. The summed E-state index contributed by atoms with van der Waals surface area (Å²) in [6, 6.07) is 2.46. The molecule has 78 valence electrons. The minimum atomic E-state index is -4.73. The Kier molecular flexibility index (Phi) is 3.05. The molecule has 0 aliphatic carbocycles. The molecule has 0 bridgehead atoms. The molecular formula is C8H7F4NO. The molecule has 0 aliphatic heterocycles. The van der Waals surface area contributed by atoms with Crippen LogP contribution < -0.4 is 0 Å². The van der Waals surface area contributed by atoms with Crippen molar-refractivity contribution in [2.75, 3.05) is 0 Å². The topological polar surface area (TPSA) is 33.1 Å². The summed E-state index contributed by atoms with van der Waals surface area (Å²) in [7, 11) is 0. The minimum absolute atomic E-state index is 0.252. The first kappa shape index (κ1) is 10.9. The lowest BCUT2D eigenvalue weighted by Gasteiger charge is -2.14. The molecule has 1 unspecified atom stereocenters. The van der Waals surface area contributed by atoms with Crippen molar-refractivity contribution in [3.05, 3.63) is 29.8 Å². The molecule has 1 heterocycles. The third kappa shape index (κ3) is 2.66. The van der Waals surface area contributed by atoms with Gasteiger partial charge in [0.1, 0.15) is 0 Å². The highest BCUT2D eigenvalue weighted by atomic mass is 19.4. The normalized spacial score (nSPS) is 14.1. The number of aromatic nitrogens is 1. The van der Waals surface area contributed by atoms with E-state index in [0.29, 0.717) is 0 Å². The number of hydrogen-bond donors (Lipinski definition) is 1. The molecule has 0 spiro atoms. The van der Waals surface area contributed by atoms with Crippen LogP contribution in [0.4, 0.5) is 17.6 Å². The molecule has 14 heavy (non-hydrogen) atoms. The van der Waals surface area contributed by atoms with Gasteiger partial charge in [0.15, 0.2) is 6.10 Å². The van der Waals surface area contributed by atoms with E-state index < -0.39 is 24.6 Å². The maximum absolute atomic E-state index is 12.7. The van der Waals surface area contributed by atoms with Gasteiger partial charge in [-0.25, -0.2) is 4.98 Å². The highest BCUT2D eigenvalue weighted by molar-refractivity contribution is 5.12. The van der Waals surface area contributed by atoms with Crippen LogP contribution >= 0.6 is 0 Å². The van der Waals surface area contributed by atoms with Gasteiger partial charge in [0, 0.05) is 18.2 Å². The molecule has 0 saturated carbocycles. The highest BCUT2D eigenvalue weighted by Gasteiger charge is 2.38. The summed E-state index contributed by atoms with van der Waals surface area (Å²) < 4.78 is 48.4. The van der Waals surface area contributed by atoms with Crippen LogP contribution in [0, 0.1) is 5.95 Å². The maximum Gasteiger partial charge on any atom is 0.414 e. The Morgan fingerprint density at radius 3 is 2.57 bits per heavy atom. The van der Waals surface area contributed by atoms with Gasteiger partial charge in [-0.05, 0) is 6.07 Å². The lowest BCUT2D eigenvalue weighted by atomic mass is 10.1. The van der Waals surface area contributed by atoms with Gasteiger partial charge < -0.3 is 5.11 Å². The molecule has 0 saturated heterocycles. The Balaban J connectivity index is 2.75. The fourth-order valence-corrected chi connectivity index (χ4v) is 0.896. The highest BCUT2D eigenvalue weighted by Crippen LogP contribution is 2.23. The van der Waals surface area contributed by atoms with Crippen molar-refractivity contribution in [2.24, 2.45) is 0 Å². The van der Waals surface area contributed by atoms with E-state index in [1.165, 1.54) is 6.07 Å². The average Bonchev–Trinajstić information content (AvgIpc) is 2.07. The van der Waals surface area contributed by atoms with Crippen LogP contribution in [-0.2, 0) is 6.42 Å². The van der Waals surface area contributed by atoms with Gasteiger partial charge in [-0.1, -0.05) is 6.07 Å². The molecule has 1 atom stereocenters. The predicted octanol–water partition coefficient (Wildman–Crippen LogP) is 1.69. The van der Waals surface area contributed by atoms with Crippen molar-refractivity contribution in [3.8, 4) is 0 Å². The van der Waals surface area contributed by atoms with Gasteiger partial charge in [0.05, 0.1) is 0 Å². The first-order valence-electron chi connectivity index (χ1n) is 3.75. The Morgan fingerprint density at radius 2 is 2.07 bits per heavy atom. The van der Waals surface area contributed by atoms with Crippen molar-refractivity contribution in [1.29, 1.82) is 0 Å². The van der Waals surface area contributed by atoms with Crippen molar-refractivity contribution in [3.63, 3.8) is 0 Å². The Bertz CT molecular complexity index is 312. The minimum Gasteiger partial charge on any atom is -0.383 e.